The van der Waals surface area contributed by atoms with Crippen LogP contribution in [0.4, 0.5) is 0 Å². The quantitative estimate of drug-likeness (QED) is 0.715. The predicted octanol–water partition coefficient (Wildman–Crippen LogP) is 2.69. The van der Waals surface area contributed by atoms with Gasteiger partial charge in [0.05, 0.1) is 5.92 Å². The van der Waals surface area contributed by atoms with Crippen LogP contribution < -0.4 is 5.32 Å². The van der Waals surface area contributed by atoms with Crippen LogP contribution in [-0.4, -0.2) is 72.4 Å². The lowest BCUT2D eigenvalue weighted by Crippen LogP contribution is -2.50. The molecule has 2 fully saturated rings. The number of carbonyl (C=O) groups is 2. The highest BCUT2D eigenvalue weighted by Crippen LogP contribution is 2.35. The van der Waals surface area contributed by atoms with Crippen LogP contribution in [0.5, 0.6) is 0 Å². The highest BCUT2D eigenvalue weighted by molar-refractivity contribution is 7.99. The summed E-state index contributed by atoms with van der Waals surface area (Å²) in [7, 11) is 0. The van der Waals surface area contributed by atoms with Crippen LogP contribution in [0.15, 0.2) is 23.3 Å². The molecule has 29 heavy (non-hydrogen) atoms. The maximum Gasteiger partial charge on any atom is 0.248 e. The molecule has 1 unspecified atom stereocenters. The third-order valence-electron chi connectivity index (χ3n) is 6.91. The second-order valence-electron chi connectivity index (χ2n) is 8.96. The Morgan fingerprint density at radius 3 is 2.76 bits per heavy atom. The van der Waals surface area contributed by atoms with E-state index in [1.54, 1.807) is 0 Å². The van der Waals surface area contributed by atoms with E-state index in [-0.39, 0.29) is 17.7 Å². The van der Waals surface area contributed by atoms with Crippen LogP contribution in [0.2, 0.25) is 0 Å². The van der Waals surface area contributed by atoms with E-state index in [0.29, 0.717) is 12.5 Å². The molecule has 3 heterocycles. The van der Waals surface area contributed by atoms with Crippen LogP contribution in [0.25, 0.3) is 0 Å². The summed E-state index contributed by atoms with van der Waals surface area (Å²) >= 11 is 1.85. The van der Waals surface area contributed by atoms with Crippen molar-refractivity contribution in [2.45, 2.75) is 39.0 Å². The Morgan fingerprint density at radius 2 is 2.03 bits per heavy atom. The molecule has 2 amide bonds. The van der Waals surface area contributed by atoms with Crippen molar-refractivity contribution in [2.24, 2.45) is 17.8 Å². The molecule has 4 rings (SSSR count). The standard InChI is InChI=1S/C23H35N3O2S/c1-2-18-14-19(4-3-8-24-22(27)21-16-29-13-7-20(18)21)23(28)26-11-9-25(10-12-26)15-17-5-6-17/h3-4,17-19H,2,5-16H2,1H3,(H,24,27)/b4-3-/t18-,19?/m0/s1. The molecule has 6 heteroatoms. The maximum atomic E-state index is 13.4. The summed E-state index contributed by atoms with van der Waals surface area (Å²) in [4.78, 5) is 30.6. The van der Waals surface area contributed by atoms with Crippen LogP contribution in [0.1, 0.15) is 39.0 Å². The smallest absolute Gasteiger partial charge is 0.248 e. The fraction of sp³-hybridized carbons (Fsp3) is 0.739. The average molecular weight is 418 g/mol. The molecule has 0 aromatic carbocycles. The van der Waals surface area contributed by atoms with Gasteiger partial charge in [0, 0.05) is 50.6 Å². The minimum Gasteiger partial charge on any atom is -0.349 e. The predicted molar refractivity (Wildman–Crippen MR) is 119 cm³/mol. The topological polar surface area (TPSA) is 52.7 Å². The zero-order valence-corrected chi connectivity index (χ0v) is 18.5. The fourth-order valence-electron chi connectivity index (χ4n) is 4.93. The monoisotopic (exact) mass is 417 g/mol. The number of thioether (sulfide) groups is 1. The van der Waals surface area contributed by atoms with Gasteiger partial charge >= 0.3 is 0 Å². The minimum atomic E-state index is -0.0757. The summed E-state index contributed by atoms with van der Waals surface area (Å²) in [5.74, 6) is 3.42. The third-order valence-corrected chi connectivity index (χ3v) is 7.90. The highest BCUT2D eigenvalue weighted by Gasteiger charge is 2.32. The summed E-state index contributed by atoms with van der Waals surface area (Å²) in [5, 5.41) is 3.04. The number of hydrogen-bond donors (Lipinski definition) is 1. The van der Waals surface area contributed by atoms with Crippen LogP contribution in [-0.2, 0) is 9.59 Å². The molecule has 3 aliphatic heterocycles. The summed E-state index contributed by atoms with van der Waals surface area (Å²) < 4.78 is 0. The van der Waals surface area contributed by atoms with Crippen molar-refractivity contribution >= 4 is 23.6 Å². The molecular formula is C23H35N3O2S. The molecule has 4 aliphatic rings. The first kappa shape index (κ1) is 21.0. The molecule has 0 spiro atoms. The lowest BCUT2D eigenvalue weighted by atomic mass is 9.82. The molecule has 1 aliphatic carbocycles. The molecule has 1 N–H and O–H groups in total. The van der Waals surface area contributed by atoms with Gasteiger partial charge in [-0.25, -0.2) is 0 Å². The zero-order chi connectivity index (χ0) is 20.2. The second kappa shape index (κ2) is 9.69. The molecule has 2 atom stereocenters. The second-order valence-corrected chi connectivity index (χ2v) is 10.1. The Kier molecular flexibility index (Phi) is 7.01. The number of nitrogens with zero attached hydrogens (tertiary/aromatic N) is 2. The molecule has 0 aromatic heterocycles. The summed E-state index contributed by atoms with van der Waals surface area (Å²) in [6, 6.07) is 0. The molecule has 0 radical (unpaired) electrons. The number of carbonyl (C=O) groups excluding carboxylic acids is 2. The number of piperazine rings is 1. The fourth-order valence-corrected chi connectivity index (χ4v) is 5.96. The van der Waals surface area contributed by atoms with Gasteiger partial charge in [0.15, 0.2) is 0 Å². The van der Waals surface area contributed by atoms with Crippen LogP contribution >= 0.6 is 11.8 Å². The molecule has 160 valence electrons. The SMILES string of the molecule is CC[C@H]1CC(C(=O)N2CCN(CC3CC3)CC2)/C=C\CNC(=O)C2=C1CCSC2. The van der Waals surface area contributed by atoms with E-state index in [2.05, 4.69) is 28.1 Å². The maximum absolute atomic E-state index is 13.4. The Labute approximate surface area is 179 Å². The number of hydrogen-bond acceptors (Lipinski definition) is 4. The van der Waals surface area contributed by atoms with Crippen molar-refractivity contribution in [3.8, 4) is 0 Å². The molecule has 1 saturated heterocycles. The summed E-state index contributed by atoms with van der Waals surface area (Å²) in [6.07, 6.45) is 9.63. The lowest BCUT2D eigenvalue weighted by molar-refractivity contribution is -0.136. The van der Waals surface area contributed by atoms with Gasteiger partial charge in [-0.3, -0.25) is 14.5 Å². The zero-order valence-electron chi connectivity index (χ0n) is 17.7. The van der Waals surface area contributed by atoms with E-state index < -0.39 is 0 Å². The first-order valence-corrected chi connectivity index (χ1v) is 12.6. The Morgan fingerprint density at radius 1 is 1.24 bits per heavy atom. The molecule has 5 nitrogen and oxygen atoms in total. The van der Waals surface area contributed by atoms with Gasteiger partial charge in [-0.1, -0.05) is 24.6 Å². The van der Waals surface area contributed by atoms with Crippen molar-refractivity contribution in [3.05, 3.63) is 23.3 Å². The van der Waals surface area contributed by atoms with E-state index in [1.165, 1.54) is 25.0 Å². The number of nitrogens with one attached hydrogen (secondary N) is 1. The van der Waals surface area contributed by atoms with Gasteiger partial charge < -0.3 is 10.2 Å². The number of allylic oxidation sites excluding steroid dienone is 1. The van der Waals surface area contributed by atoms with Gasteiger partial charge in [0.1, 0.15) is 0 Å². The average Bonchev–Trinajstić information content (AvgIpc) is 3.57. The minimum absolute atomic E-state index is 0.0757. The van der Waals surface area contributed by atoms with E-state index >= 15 is 0 Å². The van der Waals surface area contributed by atoms with Crippen molar-refractivity contribution in [1.29, 1.82) is 0 Å². The summed E-state index contributed by atoms with van der Waals surface area (Å²) in [6.45, 7) is 7.66. The normalized spacial score (nSPS) is 30.5. The number of amides is 2. The molecule has 1 saturated carbocycles. The number of rotatable bonds is 4. The first-order chi connectivity index (χ1) is 14.2. The van der Waals surface area contributed by atoms with E-state index in [4.69, 9.17) is 0 Å². The Balaban J connectivity index is 1.44. The molecule has 0 bridgehead atoms. The van der Waals surface area contributed by atoms with E-state index in [0.717, 1.165) is 68.4 Å². The molecule has 0 aromatic rings. The first-order valence-electron chi connectivity index (χ1n) is 11.4. The van der Waals surface area contributed by atoms with E-state index in [9.17, 15) is 9.59 Å². The van der Waals surface area contributed by atoms with Crippen LogP contribution in [0, 0.1) is 17.8 Å². The highest BCUT2D eigenvalue weighted by atomic mass is 32.2. The van der Waals surface area contributed by atoms with Gasteiger partial charge in [0.2, 0.25) is 11.8 Å². The molecular weight excluding hydrogens is 382 g/mol. The van der Waals surface area contributed by atoms with Crippen molar-refractivity contribution in [2.75, 3.05) is 50.8 Å². The van der Waals surface area contributed by atoms with E-state index in [1.807, 2.05) is 17.8 Å². The van der Waals surface area contributed by atoms with Crippen molar-refractivity contribution < 1.29 is 9.59 Å². The van der Waals surface area contributed by atoms with Gasteiger partial charge in [0.25, 0.3) is 0 Å². The van der Waals surface area contributed by atoms with Crippen molar-refractivity contribution in [3.63, 3.8) is 0 Å². The lowest BCUT2D eigenvalue weighted by Gasteiger charge is -2.37. The Hall–Kier alpha value is -1.27. The van der Waals surface area contributed by atoms with Gasteiger partial charge in [-0.15, -0.1) is 0 Å². The third kappa shape index (κ3) is 5.26. The largest absolute Gasteiger partial charge is 0.349 e. The Bertz CT molecular complexity index is 678. The van der Waals surface area contributed by atoms with Crippen LogP contribution in [0.3, 0.4) is 0 Å². The van der Waals surface area contributed by atoms with Crippen molar-refractivity contribution in [1.82, 2.24) is 15.1 Å². The van der Waals surface area contributed by atoms with Gasteiger partial charge in [-0.05, 0) is 49.7 Å². The summed E-state index contributed by atoms with van der Waals surface area (Å²) in [5.41, 5.74) is 2.29. The van der Waals surface area contributed by atoms with Gasteiger partial charge in [-0.2, -0.15) is 11.8 Å².